The molecule has 4 nitrogen and oxygen atoms in total. The number of nitrogens with zero attached hydrogens (tertiary/aromatic N) is 1. The third-order valence-electron chi connectivity index (χ3n) is 6.28. The fraction of sp³-hybridized carbons (Fsp3) is 0.591. The van der Waals surface area contributed by atoms with E-state index in [9.17, 15) is 9.90 Å². The van der Waals surface area contributed by atoms with E-state index in [-0.39, 0.29) is 12.0 Å². The predicted molar refractivity (Wildman–Crippen MR) is 99.3 cm³/mol. The van der Waals surface area contributed by atoms with Crippen LogP contribution in [-0.2, 0) is 9.53 Å². The van der Waals surface area contributed by atoms with Crippen molar-refractivity contribution in [3.8, 4) is 11.8 Å². The Morgan fingerprint density at radius 1 is 1.12 bits per heavy atom. The van der Waals surface area contributed by atoms with Crippen molar-refractivity contribution in [2.45, 2.75) is 50.2 Å². The second-order valence-corrected chi connectivity index (χ2v) is 7.95. The molecule has 4 fully saturated rings. The molecule has 1 N–H and O–H groups in total. The van der Waals surface area contributed by atoms with Gasteiger partial charge in [0.05, 0.1) is 0 Å². The van der Waals surface area contributed by atoms with Crippen LogP contribution in [0.5, 0.6) is 0 Å². The first kappa shape index (κ1) is 17.6. The van der Waals surface area contributed by atoms with Crippen LogP contribution in [0.3, 0.4) is 0 Å². The summed E-state index contributed by atoms with van der Waals surface area (Å²) >= 11 is 0. The van der Waals surface area contributed by atoms with E-state index in [0.717, 1.165) is 63.7 Å². The van der Waals surface area contributed by atoms with Crippen molar-refractivity contribution in [2.75, 3.05) is 19.6 Å². The van der Waals surface area contributed by atoms with Crippen LogP contribution in [0.4, 0.5) is 0 Å². The molecule has 2 atom stereocenters. The lowest BCUT2D eigenvalue weighted by Gasteiger charge is -2.44. The number of piperidine rings is 3. The van der Waals surface area contributed by atoms with E-state index in [1.807, 2.05) is 30.3 Å². The summed E-state index contributed by atoms with van der Waals surface area (Å²) in [6.45, 7) is 2.99. The maximum absolute atomic E-state index is 13.0. The summed E-state index contributed by atoms with van der Waals surface area (Å²) in [6, 6.07) is 9.52. The highest BCUT2D eigenvalue weighted by Crippen LogP contribution is 2.36. The van der Waals surface area contributed by atoms with Gasteiger partial charge < -0.3 is 9.84 Å². The quantitative estimate of drug-likeness (QED) is 0.670. The molecule has 2 bridgehead atoms. The van der Waals surface area contributed by atoms with Crippen LogP contribution < -0.4 is 0 Å². The van der Waals surface area contributed by atoms with E-state index < -0.39 is 11.6 Å². The Hall–Kier alpha value is -1.83. The lowest BCUT2D eigenvalue weighted by Crippen LogP contribution is -2.55. The molecule has 26 heavy (non-hydrogen) atoms. The number of ether oxygens (including phenoxy) is 1. The Bertz CT molecular complexity index is 693. The fourth-order valence-corrected chi connectivity index (χ4v) is 4.62. The molecule has 3 saturated heterocycles. The van der Waals surface area contributed by atoms with Crippen molar-refractivity contribution < 1.29 is 14.6 Å². The van der Waals surface area contributed by atoms with Gasteiger partial charge in [0.25, 0.3) is 0 Å². The summed E-state index contributed by atoms with van der Waals surface area (Å²) in [5, 5.41) is 11.3. The molecule has 1 aromatic rings. The number of aliphatic hydroxyl groups is 1. The minimum Gasteiger partial charge on any atom is -0.458 e. The summed E-state index contributed by atoms with van der Waals surface area (Å²) in [6.07, 6.45) is 5.78. The fourth-order valence-electron chi connectivity index (χ4n) is 4.62. The van der Waals surface area contributed by atoms with Gasteiger partial charge in [0.15, 0.2) is 0 Å². The topological polar surface area (TPSA) is 49.8 Å². The normalized spacial score (nSPS) is 30.3. The zero-order chi connectivity index (χ0) is 18.0. The average molecular weight is 353 g/mol. The van der Waals surface area contributed by atoms with Crippen LogP contribution in [0.1, 0.15) is 44.1 Å². The summed E-state index contributed by atoms with van der Waals surface area (Å²) < 4.78 is 5.86. The second kappa shape index (κ2) is 7.42. The van der Waals surface area contributed by atoms with Crippen molar-refractivity contribution in [2.24, 2.45) is 11.8 Å². The number of esters is 1. The number of hydrogen-bond acceptors (Lipinski definition) is 4. The molecular weight excluding hydrogens is 326 g/mol. The van der Waals surface area contributed by atoms with Gasteiger partial charge in [0, 0.05) is 18.0 Å². The predicted octanol–water partition coefficient (Wildman–Crippen LogP) is 2.60. The SMILES string of the molecule is O=C(OC1CN2CCC1CC2)C(O)(C#Cc1ccccc1)C1CCCC1. The molecule has 1 saturated carbocycles. The molecule has 5 rings (SSSR count). The second-order valence-electron chi connectivity index (χ2n) is 7.95. The molecule has 1 aliphatic carbocycles. The summed E-state index contributed by atoms with van der Waals surface area (Å²) in [5.41, 5.74) is -0.891. The maximum Gasteiger partial charge on any atom is 0.351 e. The lowest BCUT2D eigenvalue weighted by molar-refractivity contribution is -0.178. The van der Waals surface area contributed by atoms with E-state index in [1.165, 1.54) is 0 Å². The molecule has 4 heteroatoms. The van der Waals surface area contributed by atoms with Gasteiger partial charge in [-0.1, -0.05) is 42.9 Å². The zero-order valence-corrected chi connectivity index (χ0v) is 15.2. The Labute approximate surface area is 155 Å². The molecule has 0 spiro atoms. The molecule has 3 heterocycles. The molecule has 0 aromatic heterocycles. The molecule has 4 aliphatic rings. The third kappa shape index (κ3) is 3.51. The number of rotatable bonds is 3. The average Bonchev–Trinajstić information content (AvgIpc) is 3.23. The van der Waals surface area contributed by atoms with Crippen molar-refractivity contribution in [3.05, 3.63) is 35.9 Å². The number of fused-ring (bicyclic) bond motifs is 3. The van der Waals surface area contributed by atoms with Crippen LogP contribution in [-0.4, -0.2) is 47.3 Å². The van der Waals surface area contributed by atoms with Gasteiger partial charge in [-0.2, -0.15) is 0 Å². The van der Waals surface area contributed by atoms with Gasteiger partial charge in [-0.3, -0.25) is 4.90 Å². The number of benzene rings is 1. The van der Waals surface area contributed by atoms with Crippen LogP contribution >= 0.6 is 0 Å². The van der Waals surface area contributed by atoms with E-state index >= 15 is 0 Å². The van der Waals surface area contributed by atoms with Crippen molar-refractivity contribution in [1.82, 2.24) is 4.90 Å². The molecule has 3 aliphatic heterocycles. The van der Waals surface area contributed by atoms with E-state index in [1.54, 1.807) is 0 Å². The summed E-state index contributed by atoms with van der Waals surface area (Å²) in [7, 11) is 0. The Balaban J connectivity index is 1.54. The van der Waals surface area contributed by atoms with Crippen LogP contribution in [0, 0.1) is 23.7 Å². The molecule has 0 amide bonds. The molecule has 2 unspecified atom stereocenters. The molecular formula is C22H27NO3. The molecule has 138 valence electrons. The standard InChI is InChI=1S/C22H27NO3/c24-21(26-20-16-23-14-11-18(20)12-15-23)22(25,19-8-4-5-9-19)13-10-17-6-2-1-3-7-17/h1-3,6-7,18-20,25H,4-5,8-9,11-12,14-16H2. The first-order valence-electron chi connectivity index (χ1n) is 9.89. The van der Waals surface area contributed by atoms with Gasteiger partial charge in [-0.05, 0) is 56.8 Å². The first-order valence-corrected chi connectivity index (χ1v) is 9.89. The lowest BCUT2D eigenvalue weighted by atomic mass is 9.84. The molecule has 1 aromatic carbocycles. The van der Waals surface area contributed by atoms with Gasteiger partial charge >= 0.3 is 5.97 Å². The molecule has 0 radical (unpaired) electrons. The summed E-state index contributed by atoms with van der Waals surface area (Å²) in [4.78, 5) is 15.4. The largest absolute Gasteiger partial charge is 0.458 e. The van der Waals surface area contributed by atoms with Crippen LogP contribution in [0.25, 0.3) is 0 Å². The minimum absolute atomic E-state index is 0.101. The smallest absolute Gasteiger partial charge is 0.351 e. The van der Waals surface area contributed by atoms with Crippen molar-refractivity contribution in [1.29, 1.82) is 0 Å². The van der Waals surface area contributed by atoms with E-state index in [0.29, 0.717) is 5.92 Å². The van der Waals surface area contributed by atoms with Gasteiger partial charge in [-0.25, -0.2) is 4.79 Å². The zero-order valence-electron chi connectivity index (χ0n) is 15.2. The highest BCUT2D eigenvalue weighted by atomic mass is 16.6. The highest BCUT2D eigenvalue weighted by Gasteiger charge is 2.47. The van der Waals surface area contributed by atoms with Gasteiger partial charge in [0.1, 0.15) is 6.10 Å². The Morgan fingerprint density at radius 2 is 1.81 bits per heavy atom. The van der Waals surface area contributed by atoms with Crippen LogP contribution in [0.2, 0.25) is 0 Å². The number of carbonyl (C=O) groups excluding carboxylic acids is 1. The van der Waals surface area contributed by atoms with Crippen LogP contribution in [0.15, 0.2) is 30.3 Å². The highest BCUT2D eigenvalue weighted by molar-refractivity contribution is 5.84. The summed E-state index contributed by atoms with van der Waals surface area (Å²) in [5.74, 6) is 5.67. The Morgan fingerprint density at radius 3 is 2.42 bits per heavy atom. The monoisotopic (exact) mass is 353 g/mol. The first-order chi connectivity index (χ1) is 12.6. The third-order valence-corrected chi connectivity index (χ3v) is 6.28. The van der Waals surface area contributed by atoms with Crippen molar-refractivity contribution in [3.63, 3.8) is 0 Å². The minimum atomic E-state index is -1.70. The van der Waals surface area contributed by atoms with Gasteiger partial charge in [0.2, 0.25) is 5.60 Å². The van der Waals surface area contributed by atoms with Gasteiger partial charge in [-0.15, -0.1) is 0 Å². The number of carbonyl (C=O) groups is 1. The van der Waals surface area contributed by atoms with Crippen molar-refractivity contribution >= 4 is 5.97 Å². The van der Waals surface area contributed by atoms with E-state index in [4.69, 9.17) is 4.74 Å². The maximum atomic E-state index is 13.0. The Kier molecular flexibility index (Phi) is 5.02. The number of hydrogen-bond donors (Lipinski definition) is 1. The van der Waals surface area contributed by atoms with E-state index in [2.05, 4.69) is 16.7 Å².